The van der Waals surface area contributed by atoms with E-state index in [1.807, 2.05) is 32.9 Å². The molecule has 0 saturated carbocycles. The van der Waals surface area contributed by atoms with Crippen molar-refractivity contribution in [1.29, 1.82) is 0 Å². The molecule has 0 bridgehead atoms. The largest absolute Gasteiger partial charge is 0.481 e. The molecule has 0 aromatic carbocycles. The van der Waals surface area contributed by atoms with Crippen molar-refractivity contribution in [3.63, 3.8) is 0 Å². The number of hydrogen-bond donors (Lipinski definition) is 2. The summed E-state index contributed by atoms with van der Waals surface area (Å²) in [5.74, 6) is 1.40. The van der Waals surface area contributed by atoms with E-state index in [-0.39, 0.29) is 24.0 Å². The van der Waals surface area contributed by atoms with Crippen LogP contribution in [0.5, 0.6) is 5.88 Å². The summed E-state index contributed by atoms with van der Waals surface area (Å²) in [6.07, 6.45) is 1.78. The lowest BCUT2D eigenvalue weighted by Crippen LogP contribution is -2.36. The topological polar surface area (TPSA) is 71.4 Å². The Bertz CT molecular complexity index is 657. The van der Waals surface area contributed by atoms with Crippen LogP contribution in [0.1, 0.15) is 28.1 Å². The first kappa shape index (κ1) is 20.6. The molecule has 2 N–H and O–H groups in total. The molecule has 0 aliphatic rings. The number of ether oxygens (including phenoxy) is 1. The molecule has 132 valence electrons. The van der Waals surface area contributed by atoms with Gasteiger partial charge in [0, 0.05) is 23.7 Å². The lowest BCUT2D eigenvalue weighted by Gasteiger charge is -2.10. The van der Waals surface area contributed by atoms with E-state index in [2.05, 4.69) is 25.6 Å². The van der Waals surface area contributed by atoms with Crippen molar-refractivity contribution in [1.82, 2.24) is 20.6 Å². The third-order valence-electron chi connectivity index (χ3n) is 3.19. The summed E-state index contributed by atoms with van der Waals surface area (Å²) in [6, 6.07) is 3.81. The fourth-order valence-electron chi connectivity index (χ4n) is 2.04. The van der Waals surface area contributed by atoms with Crippen LogP contribution in [0.25, 0.3) is 0 Å². The number of aryl methyl sites for hydroxylation is 2. The lowest BCUT2D eigenvalue weighted by molar-refractivity contribution is 0.397. The van der Waals surface area contributed by atoms with E-state index >= 15 is 0 Å². The molecule has 0 fully saturated rings. The molecule has 0 amide bonds. The zero-order valence-corrected chi connectivity index (χ0v) is 17.6. The highest BCUT2D eigenvalue weighted by molar-refractivity contribution is 14.0. The van der Waals surface area contributed by atoms with E-state index in [9.17, 15) is 0 Å². The van der Waals surface area contributed by atoms with E-state index in [4.69, 9.17) is 4.74 Å². The van der Waals surface area contributed by atoms with Crippen LogP contribution in [0.2, 0.25) is 0 Å². The minimum absolute atomic E-state index is 0. The molecule has 2 aromatic heterocycles. The standard InChI is InChI=1S/C16H23N5OS.HI/c1-5-17-16(20-10-14-11(2)21-12(3)23-14)19-9-13-6-7-15(22-4)18-8-13;/h6-8H,5,9-10H2,1-4H3,(H2,17,19,20);1H. The van der Waals surface area contributed by atoms with Crippen LogP contribution in [0, 0.1) is 13.8 Å². The van der Waals surface area contributed by atoms with Gasteiger partial charge in [-0.05, 0) is 26.3 Å². The SMILES string of the molecule is CCNC(=NCc1ccc(OC)nc1)NCc1sc(C)nc1C.I. The number of thiazole rings is 1. The summed E-state index contributed by atoms with van der Waals surface area (Å²) in [4.78, 5) is 14.5. The lowest BCUT2D eigenvalue weighted by atomic mass is 10.3. The number of nitrogens with one attached hydrogen (secondary N) is 2. The van der Waals surface area contributed by atoms with Crippen LogP contribution >= 0.6 is 35.3 Å². The van der Waals surface area contributed by atoms with Crippen molar-refractivity contribution >= 4 is 41.3 Å². The number of hydrogen-bond acceptors (Lipinski definition) is 5. The molecule has 8 heteroatoms. The second kappa shape index (κ2) is 10.4. The maximum Gasteiger partial charge on any atom is 0.212 e. The Morgan fingerprint density at radius 3 is 2.62 bits per heavy atom. The first-order valence-electron chi connectivity index (χ1n) is 7.56. The van der Waals surface area contributed by atoms with Gasteiger partial charge in [-0.25, -0.2) is 15.0 Å². The Kier molecular flexibility index (Phi) is 8.98. The van der Waals surface area contributed by atoms with Gasteiger partial charge in [-0.2, -0.15) is 0 Å². The van der Waals surface area contributed by atoms with Gasteiger partial charge in [-0.15, -0.1) is 35.3 Å². The van der Waals surface area contributed by atoms with Gasteiger partial charge in [0.2, 0.25) is 5.88 Å². The van der Waals surface area contributed by atoms with Gasteiger partial charge < -0.3 is 15.4 Å². The van der Waals surface area contributed by atoms with Crippen molar-refractivity contribution in [2.45, 2.75) is 33.9 Å². The van der Waals surface area contributed by atoms with E-state index in [0.717, 1.165) is 35.3 Å². The Morgan fingerprint density at radius 2 is 2.08 bits per heavy atom. The molecular weight excluding hydrogens is 437 g/mol. The average Bonchev–Trinajstić information content (AvgIpc) is 2.88. The third-order valence-corrected chi connectivity index (χ3v) is 4.26. The Hall–Kier alpha value is -1.42. The molecule has 0 atom stereocenters. The molecular formula is C16H24IN5OS. The summed E-state index contributed by atoms with van der Waals surface area (Å²) in [5, 5.41) is 7.69. The zero-order chi connectivity index (χ0) is 16.7. The Balaban J connectivity index is 0.00000288. The maximum absolute atomic E-state index is 5.06. The summed E-state index contributed by atoms with van der Waals surface area (Å²) >= 11 is 1.71. The quantitative estimate of drug-likeness (QED) is 0.393. The van der Waals surface area contributed by atoms with Crippen LogP contribution in [0.3, 0.4) is 0 Å². The predicted molar refractivity (Wildman–Crippen MR) is 109 cm³/mol. The fraction of sp³-hybridized carbons (Fsp3) is 0.438. The average molecular weight is 461 g/mol. The highest BCUT2D eigenvalue weighted by Crippen LogP contribution is 2.16. The van der Waals surface area contributed by atoms with Gasteiger partial charge in [0.1, 0.15) is 0 Å². The first-order valence-corrected chi connectivity index (χ1v) is 8.38. The van der Waals surface area contributed by atoms with Gasteiger partial charge >= 0.3 is 0 Å². The molecule has 0 spiro atoms. The molecule has 24 heavy (non-hydrogen) atoms. The third kappa shape index (κ3) is 6.23. The number of nitrogens with zero attached hydrogens (tertiary/aromatic N) is 3. The highest BCUT2D eigenvalue weighted by Gasteiger charge is 2.06. The molecule has 6 nitrogen and oxygen atoms in total. The van der Waals surface area contributed by atoms with Crippen molar-refractivity contribution in [2.24, 2.45) is 4.99 Å². The molecule has 0 aliphatic heterocycles. The van der Waals surface area contributed by atoms with Crippen LogP contribution in [-0.4, -0.2) is 29.6 Å². The number of methoxy groups -OCH3 is 1. The normalized spacial score (nSPS) is 10.9. The maximum atomic E-state index is 5.06. The van der Waals surface area contributed by atoms with Crippen molar-refractivity contribution in [3.8, 4) is 5.88 Å². The summed E-state index contributed by atoms with van der Waals surface area (Å²) in [7, 11) is 1.61. The van der Waals surface area contributed by atoms with Gasteiger partial charge in [0.15, 0.2) is 5.96 Å². The van der Waals surface area contributed by atoms with Gasteiger partial charge in [-0.3, -0.25) is 0 Å². The van der Waals surface area contributed by atoms with Gasteiger partial charge in [-0.1, -0.05) is 6.07 Å². The number of halogens is 1. The number of aromatic nitrogens is 2. The van der Waals surface area contributed by atoms with Crippen molar-refractivity contribution in [2.75, 3.05) is 13.7 Å². The highest BCUT2D eigenvalue weighted by atomic mass is 127. The predicted octanol–water partition coefficient (Wildman–Crippen LogP) is 3.04. The molecule has 2 heterocycles. The number of aliphatic imine (C=N–C) groups is 1. The summed E-state index contributed by atoms with van der Waals surface area (Å²) in [5.41, 5.74) is 2.11. The second-order valence-electron chi connectivity index (χ2n) is 5.00. The molecule has 0 radical (unpaired) electrons. The second-order valence-corrected chi connectivity index (χ2v) is 6.29. The fourth-order valence-corrected chi connectivity index (χ4v) is 2.92. The van der Waals surface area contributed by atoms with Crippen molar-refractivity contribution < 1.29 is 4.74 Å². The van der Waals surface area contributed by atoms with E-state index in [0.29, 0.717) is 12.4 Å². The van der Waals surface area contributed by atoms with Crippen LogP contribution in [-0.2, 0) is 13.1 Å². The first-order chi connectivity index (χ1) is 11.1. The molecule has 2 rings (SSSR count). The molecule has 2 aromatic rings. The van der Waals surface area contributed by atoms with Crippen LogP contribution in [0.15, 0.2) is 23.3 Å². The summed E-state index contributed by atoms with van der Waals surface area (Å²) < 4.78 is 5.06. The van der Waals surface area contributed by atoms with Gasteiger partial charge in [0.05, 0.1) is 30.9 Å². The van der Waals surface area contributed by atoms with Crippen LogP contribution < -0.4 is 15.4 Å². The van der Waals surface area contributed by atoms with E-state index in [1.54, 1.807) is 24.6 Å². The van der Waals surface area contributed by atoms with E-state index in [1.165, 1.54) is 4.88 Å². The number of rotatable bonds is 6. The van der Waals surface area contributed by atoms with Crippen molar-refractivity contribution in [3.05, 3.63) is 39.5 Å². The molecule has 0 saturated heterocycles. The number of guanidine groups is 1. The molecule has 0 unspecified atom stereocenters. The summed E-state index contributed by atoms with van der Waals surface area (Å²) in [6.45, 7) is 8.21. The van der Waals surface area contributed by atoms with Gasteiger partial charge in [0.25, 0.3) is 0 Å². The zero-order valence-electron chi connectivity index (χ0n) is 14.4. The minimum Gasteiger partial charge on any atom is -0.481 e. The Morgan fingerprint density at radius 1 is 1.29 bits per heavy atom. The van der Waals surface area contributed by atoms with Crippen LogP contribution in [0.4, 0.5) is 0 Å². The number of pyridine rings is 1. The Labute approximate surface area is 164 Å². The molecule has 0 aliphatic carbocycles. The van der Waals surface area contributed by atoms with E-state index < -0.39 is 0 Å². The monoisotopic (exact) mass is 461 g/mol. The minimum atomic E-state index is 0. The smallest absolute Gasteiger partial charge is 0.212 e.